The summed E-state index contributed by atoms with van der Waals surface area (Å²) in [7, 11) is 1.95. The molecule has 0 saturated heterocycles. The summed E-state index contributed by atoms with van der Waals surface area (Å²) in [6.07, 6.45) is 3.50. The van der Waals surface area contributed by atoms with Crippen LogP contribution in [0.15, 0.2) is 24.4 Å². The number of fused-ring (bicyclic) bond motifs is 2. The minimum absolute atomic E-state index is 0.374. The number of aromatic nitrogens is 6. The van der Waals surface area contributed by atoms with Crippen LogP contribution in [0.4, 0.5) is 15.9 Å². The molecular formula is C16H14FN7. The number of anilines is 2. The van der Waals surface area contributed by atoms with Gasteiger partial charge in [-0.1, -0.05) is 0 Å². The average Bonchev–Trinajstić information content (AvgIpc) is 3.28. The first-order valence-electron chi connectivity index (χ1n) is 7.79. The Morgan fingerprint density at radius 2 is 2.21 bits per heavy atom. The zero-order valence-electron chi connectivity index (χ0n) is 12.9. The number of halogens is 1. The van der Waals surface area contributed by atoms with E-state index in [0.717, 1.165) is 17.4 Å². The molecule has 24 heavy (non-hydrogen) atoms. The van der Waals surface area contributed by atoms with Gasteiger partial charge in [0.15, 0.2) is 17.0 Å². The second kappa shape index (κ2) is 4.73. The molecule has 0 aliphatic heterocycles. The number of hydrogen-bond acceptors (Lipinski definition) is 5. The molecular weight excluding hydrogens is 309 g/mol. The van der Waals surface area contributed by atoms with Gasteiger partial charge in [0.1, 0.15) is 0 Å². The summed E-state index contributed by atoms with van der Waals surface area (Å²) in [5.74, 6) is 0.407. The number of H-pyrrole nitrogens is 1. The zero-order valence-corrected chi connectivity index (χ0v) is 12.9. The van der Waals surface area contributed by atoms with E-state index in [1.165, 1.54) is 23.9 Å². The van der Waals surface area contributed by atoms with Gasteiger partial charge in [-0.25, -0.2) is 9.97 Å². The van der Waals surface area contributed by atoms with Gasteiger partial charge in [-0.15, -0.1) is 0 Å². The number of nitrogens with zero attached hydrogens (tertiary/aromatic N) is 5. The minimum atomic E-state index is -0.636. The van der Waals surface area contributed by atoms with Crippen molar-refractivity contribution in [2.45, 2.75) is 18.8 Å². The molecule has 0 radical (unpaired) electrons. The van der Waals surface area contributed by atoms with E-state index >= 15 is 0 Å². The van der Waals surface area contributed by atoms with Crippen molar-refractivity contribution in [2.75, 3.05) is 5.32 Å². The predicted octanol–water partition coefficient (Wildman–Crippen LogP) is 3.00. The summed E-state index contributed by atoms with van der Waals surface area (Å²) in [4.78, 5) is 7.77. The second-order valence-electron chi connectivity index (χ2n) is 6.10. The predicted molar refractivity (Wildman–Crippen MR) is 87.6 cm³/mol. The van der Waals surface area contributed by atoms with E-state index in [4.69, 9.17) is 0 Å². The Hall–Kier alpha value is -3.03. The molecule has 0 amide bonds. The highest BCUT2D eigenvalue weighted by atomic mass is 19.1. The van der Waals surface area contributed by atoms with Crippen molar-refractivity contribution in [1.29, 1.82) is 0 Å². The normalized spacial score (nSPS) is 14.6. The fourth-order valence-electron chi connectivity index (χ4n) is 3.02. The Morgan fingerprint density at radius 3 is 3.04 bits per heavy atom. The molecule has 1 fully saturated rings. The van der Waals surface area contributed by atoms with Gasteiger partial charge in [-0.05, 0) is 31.0 Å². The Kier molecular flexibility index (Phi) is 2.64. The zero-order chi connectivity index (χ0) is 16.3. The molecule has 120 valence electrons. The quantitative estimate of drug-likeness (QED) is 0.605. The number of aryl methyl sites for hydroxylation is 1. The van der Waals surface area contributed by atoms with Crippen LogP contribution in [0.25, 0.3) is 22.1 Å². The lowest BCUT2D eigenvalue weighted by molar-refractivity contribution is 0.583. The van der Waals surface area contributed by atoms with Gasteiger partial charge in [0.25, 0.3) is 0 Å². The third kappa shape index (κ3) is 2.03. The molecule has 7 nitrogen and oxygen atoms in total. The molecule has 5 rings (SSSR count). The third-order valence-corrected chi connectivity index (χ3v) is 4.35. The van der Waals surface area contributed by atoms with Gasteiger partial charge in [0.2, 0.25) is 5.95 Å². The molecule has 3 heterocycles. The molecule has 4 aromatic rings. The minimum Gasteiger partial charge on any atom is -0.337 e. The molecule has 1 aliphatic rings. The molecule has 8 heteroatoms. The van der Waals surface area contributed by atoms with Gasteiger partial charge in [-0.3, -0.25) is 9.78 Å². The van der Waals surface area contributed by atoms with Gasteiger partial charge < -0.3 is 5.32 Å². The number of aromatic amines is 1. The fraction of sp³-hybridized carbons (Fsp3) is 0.250. The molecule has 0 unspecified atom stereocenters. The molecule has 1 aliphatic carbocycles. The maximum absolute atomic E-state index is 13.3. The smallest absolute Gasteiger partial charge is 0.232 e. The van der Waals surface area contributed by atoms with E-state index in [1.807, 2.05) is 23.9 Å². The first-order valence-corrected chi connectivity index (χ1v) is 7.79. The van der Waals surface area contributed by atoms with Crippen LogP contribution >= 0.6 is 0 Å². The van der Waals surface area contributed by atoms with Crippen molar-refractivity contribution in [2.24, 2.45) is 7.05 Å². The summed E-state index contributed by atoms with van der Waals surface area (Å²) < 4.78 is 15.2. The van der Waals surface area contributed by atoms with E-state index < -0.39 is 5.95 Å². The Bertz CT molecular complexity index is 1080. The van der Waals surface area contributed by atoms with E-state index in [0.29, 0.717) is 22.9 Å². The van der Waals surface area contributed by atoms with Gasteiger partial charge in [-0.2, -0.15) is 14.6 Å². The summed E-state index contributed by atoms with van der Waals surface area (Å²) in [6, 6.07) is 6.06. The lowest BCUT2D eigenvalue weighted by Gasteiger charge is -2.04. The van der Waals surface area contributed by atoms with E-state index in [2.05, 4.69) is 36.6 Å². The molecule has 0 atom stereocenters. The Morgan fingerprint density at radius 1 is 1.33 bits per heavy atom. The maximum Gasteiger partial charge on any atom is 0.232 e. The van der Waals surface area contributed by atoms with Crippen LogP contribution in [0.1, 0.15) is 24.5 Å². The van der Waals surface area contributed by atoms with Crippen molar-refractivity contribution in [3.05, 3.63) is 36.0 Å². The van der Waals surface area contributed by atoms with Crippen molar-refractivity contribution in [1.82, 2.24) is 29.9 Å². The molecule has 0 bridgehead atoms. The Balaban J connectivity index is 1.56. The van der Waals surface area contributed by atoms with Crippen molar-refractivity contribution in [3.8, 4) is 0 Å². The second-order valence-corrected chi connectivity index (χ2v) is 6.10. The summed E-state index contributed by atoms with van der Waals surface area (Å²) in [5, 5.41) is 15.9. The number of hydrogen-bond donors (Lipinski definition) is 2. The van der Waals surface area contributed by atoms with E-state index in [9.17, 15) is 4.39 Å². The number of benzene rings is 1. The lowest BCUT2D eigenvalue weighted by Crippen LogP contribution is -1.94. The molecule has 2 N–H and O–H groups in total. The van der Waals surface area contributed by atoms with Gasteiger partial charge in [0.05, 0.1) is 17.4 Å². The summed E-state index contributed by atoms with van der Waals surface area (Å²) >= 11 is 0. The van der Waals surface area contributed by atoms with Crippen LogP contribution in [-0.4, -0.2) is 29.9 Å². The number of rotatable bonds is 3. The van der Waals surface area contributed by atoms with Crippen LogP contribution in [0.3, 0.4) is 0 Å². The average molecular weight is 323 g/mol. The van der Waals surface area contributed by atoms with Crippen LogP contribution in [-0.2, 0) is 7.05 Å². The fourth-order valence-corrected chi connectivity index (χ4v) is 3.02. The topological polar surface area (TPSA) is 84.3 Å². The maximum atomic E-state index is 13.3. The summed E-state index contributed by atoms with van der Waals surface area (Å²) in [6.45, 7) is 0. The van der Waals surface area contributed by atoms with Crippen LogP contribution < -0.4 is 5.32 Å². The van der Waals surface area contributed by atoms with Crippen molar-refractivity contribution >= 4 is 33.6 Å². The number of nitrogens with one attached hydrogen (secondary N) is 2. The monoisotopic (exact) mass is 323 g/mol. The van der Waals surface area contributed by atoms with Gasteiger partial charge in [0, 0.05) is 24.0 Å². The van der Waals surface area contributed by atoms with Gasteiger partial charge >= 0.3 is 0 Å². The molecule has 1 aromatic carbocycles. The summed E-state index contributed by atoms with van der Waals surface area (Å²) in [5.41, 5.74) is 3.89. The van der Waals surface area contributed by atoms with Crippen molar-refractivity contribution in [3.63, 3.8) is 0 Å². The van der Waals surface area contributed by atoms with E-state index in [-0.39, 0.29) is 0 Å². The highest BCUT2D eigenvalue weighted by Crippen LogP contribution is 2.42. The van der Waals surface area contributed by atoms with Crippen molar-refractivity contribution < 1.29 is 4.39 Å². The Labute approximate surface area is 135 Å². The largest absolute Gasteiger partial charge is 0.337 e. The highest BCUT2D eigenvalue weighted by Gasteiger charge is 2.28. The first-order chi connectivity index (χ1) is 11.7. The first kappa shape index (κ1) is 13.4. The molecule has 0 spiro atoms. The SMILES string of the molecule is Cn1nc(C2CC2)c2ccc(Nc3n[nH]c4ncc(F)nc34)cc21. The van der Waals surface area contributed by atoms with Crippen LogP contribution in [0, 0.1) is 5.95 Å². The third-order valence-electron chi connectivity index (χ3n) is 4.35. The molecule has 3 aromatic heterocycles. The molecule has 1 saturated carbocycles. The van der Waals surface area contributed by atoms with E-state index in [1.54, 1.807) is 0 Å². The lowest BCUT2D eigenvalue weighted by atomic mass is 10.1. The van der Waals surface area contributed by atoms with Crippen LogP contribution in [0.5, 0.6) is 0 Å². The van der Waals surface area contributed by atoms with Crippen LogP contribution in [0.2, 0.25) is 0 Å². The highest BCUT2D eigenvalue weighted by molar-refractivity contribution is 5.89. The standard InChI is InChI=1S/C16H14FN7/c1-24-11-6-9(4-5-10(11)13(23-24)8-2-3-8)19-16-14-15(21-22-16)18-7-12(17)20-14/h4-8H,2-3H2,1H3,(H2,18,19,21,22).